The molecule has 0 spiro atoms. The molecule has 110 valence electrons. The molecule has 0 fully saturated rings. The first-order chi connectivity index (χ1) is 10.2. The number of amides is 1. The van der Waals surface area contributed by atoms with E-state index in [4.69, 9.17) is 4.74 Å². The Hall–Kier alpha value is -2.01. The van der Waals surface area contributed by atoms with Crippen LogP contribution in [-0.4, -0.2) is 18.8 Å². The summed E-state index contributed by atoms with van der Waals surface area (Å²) in [7, 11) is 1.61. The van der Waals surface area contributed by atoms with Crippen LogP contribution in [0.15, 0.2) is 53.4 Å². The number of carbonyl (C=O) groups is 1. The number of hydrogen-bond acceptors (Lipinski definition) is 3. The smallest absolute Gasteiger partial charge is 0.230 e. The van der Waals surface area contributed by atoms with Crippen LogP contribution in [0.25, 0.3) is 0 Å². The van der Waals surface area contributed by atoms with E-state index in [0.29, 0.717) is 11.3 Å². The zero-order valence-electron chi connectivity index (χ0n) is 11.6. The van der Waals surface area contributed by atoms with E-state index >= 15 is 0 Å². The fourth-order valence-electron chi connectivity index (χ4n) is 1.71. The Morgan fingerprint density at radius 2 is 1.90 bits per heavy atom. The number of thioether (sulfide) groups is 1. The maximum Gasteiger partial charge on any atom is 0.230 e. The molecular formula is C16H16FNO2S. The number of halogens is 1. The highest BCUT2D eigenvalue weighted by atomic mass is 32.2. The minimum Gasteiger partial charge on any atom is -0.497 e. The van der Waals surface area contributed by atoms with Crippen molar-refractivity contribution in [1.82, 2.24) is 5.32 Å². The van der Waals surface area contributed by atoms with Crippen molar-refractivity contribution >= 4 is 17.7 Å². The van der Waals surface area contributed by atoms with Crippen LogP contribution in [0.2, 0.25) is 0 Å². The second-order valence-electron chi connectivity index (χ2n) is 4.33. The van der Waals surface area contributed by atoms with E-state index < -0.39 is 0 Å². The van der Waals surface area contributed by atoms with Crippen LogP contribution < -0.4 is 10.1 Å². The minimum absolute atomic E-state index is 0.126. The highest BCUT2D eigenvalue weighted by Crippen LogP contribution is 2.20. The predicted octanol–water partition coefficient (Wildman–Crippen LogP) is 3.24. The zero-order chi connectivity index (χ0) is 15.1. The lowest BCUT2D eigenvalue weighted by atomic mass is 10.2. The van der Waals surface area contributed by atoms with E-state index in [-0.39, 0.29) is 18.3 Å². The molecule has 5 heteroatoms. The average molecular weight is 305 g/mol. The molecule has 2 aromatic carbocycles. The molecule has 1 amide bonds. The van der Waals surface area contributed by atoms with Gasteiger partial charge in [0.05, 0.1) is 12.9 Å². The summed E-state index contributed by atoms with van der Waals surface area (Å²) in [6.45, 7) is 0.203. The number of hydrogen-bond donors (Lipinski definition) is 1. The van der Waals surface area contributed by atoms with Crippen LogP contribution in [0.5, 0.6) is 5.75 Å². The number of nitrogens with one attached hydrogen (secondary N) is 1. The number of rotatable bonds is 6. The number of carbonyl (C=O) groups excluding carboxylic acids is 1. The first-order valence-electron chi connectivity index (χ1n) is 6.46. The van der Waals surface area contributed by atoms with Gasteiger partial charge >= 0.3 is 0 Å². The molecule has 2 aromatic rings. The van der Waals surface area contributed by atoms with Crippen molar-refractivity contribution in [2.45, 2.75) is 11.4 Å². The SMILES string of the molecule is COc1ccc(SCC(=O)NCc2ccccc2F)cc1. The minimum atomic E-state index is -0.305. The highest BCUT2D eigenvalue weighted by Gasteiger charge is 2.05. The van der Waals surface area contributed by atoms with Gasteiger partial charge in [-0.3, -0.25) is 4.79 Å². The molecule has 2 rings (SSSR count). The Kier molecular flexibility index (Phi) is 5.63. The lowest BCUT2D eigenvalue weighted by Gasteiger charge is -2.06. The summed E-state index contributed by atoms with van der Waals surface area (Å²) in [6, 6.07) is 13.9. The third kappa shape index (κ3) is 4.79. The van der Waals surface area contributed by atoms with E-state index in [1.54, 1.807) is 25.3 Å². The van der Waals surface area contributed by atoms with Gasteiger partial charge in [-0.15, -0.1) is 11.8 Å². The Morgan fingerprint density at radius 3 is 2.57 bits per heavy atom. The molecule has 0 bridgehead atoms. The Balaban J connectivity index is 1.78. The summed E-state index contributed by atoms with van der Waals surface area (Å²) in [5.74, 6) is 0.642. The van der Waals surface area contributed by atoms with Gasteiger partial charge < -0.3 is 10.1 Å². The summed E-state index contributed by atoms with van der Waals surface area (Å²) < 4.78 is 18.5. The molecule has 21 heavy (non-hydrogen) atoms. The van der Waals surface area contributed by atoms with E-state index in [2.05, 4.69) is 5.32 Å². The van der Waals surface area contributed by atoms with Gasteiger partial charge in [0.2, 0.25) is 5.91 Å². The number of benzene rings is 2. The van der Waals surface area contributed by atoms with Crippen molar-refractivity contribution in [2.75, 3.05) is 12.9 Å². The molecule has 0 saturated heterocycles. The molecule has 0 atom stereocenters. The molecule has 0 heterocycles. The monoisotopic (exact) mass is 305 g/mol. The third-order valence-corrected chi connectivity index (χ3v) is 3.88. The molecule has 0 radical (unpaired) electrons. The Labute approximate surface area is 127 Å². The fraction of sp³-hybridized carbons (Fsp3) is 0.188. The Bertz CT molecular complexity index is 601. The van der Waals surface area contributed by atoms with Gasteiger partial charge in [-0.2, -0.15) is 0 Å². The summed E-state index contributed by atoms with van der Waals surface area (Å²) in [6.07, 6.45) is 0. The highest BCUT2D eigenvalue weighted by molar-refractivity contribution is 8.00. The van der Waals surface area contributed by atoms with Crippen molar-refractivity contribution in [1.29, 1.82) is 0 Å². The average Bonchev–Trinajstić information content (AvgIpc) is 2.52. The van der Waals surface area contributed by atoms with E-state index in [1.807, 2.05) is 24.3 Å². The van der Waals surface area contributed by atoms with Crippen molar-refractivity contribution < 1.29 is 13.9 Å². The number of ether oxygens (including phenoxy) is 1. The second kappa shape index (κ2) is 7.69. The largest absolute Gasteiger partial charge is 0.497 e. The van der Waals surface area contributed by atoms with E-state index in [1.165, 1.54) is 17.8 Å². The van der Waals surface area contributed by atoms with Crippen molar-refractivity contribution in [3.8, 4) is 5.75 Å². The molecule has 0 aromatic heterocycles. The lowest BCUT2D eigenvalue weighted by molar-refractivity contribution is -0.118. The standard InChI is InChI=1S/C16H16FNO2S/c1-20-13-6-8-14(9-7-13)21-11-16(19)18-10-12-4-2-3-5-15(12)17/h2-9H,10-11H2,1H3,(H,18,19). The number of methoxy groups -OCH3 is 1. The third-order valence-electron chi connectivity index (χ3n) is 2.86. The first-order valence-corrected chi connectivity index (χ1v) is 7.44. The molecule has 0 saturated carbocycles. The van der Waals surface area contributed by atoms with Gasteiger partial charge in [-0.1, -0.05) is 18.2 Å². The normalized spacial score (nSPS) is 10.2. The van der Waals surface area contributed by atoms with Gasteiger partial charge in [-0.25, -0.2) is 4.39 Å². The maximum absolute atomic E-state index is 13.4. The van der Waals surface area contributed by atoms with Gasteiger partial charge in [0, 0.05) is 17.0 Å². The predicted molar refractivity (Wildman–Crippen MR) is 82.0 cm³/mol. The molecule has 0 aliphatic carbocycles. The van der Waals surface area contributed by atoms with Gasteiger partial charge in [0.1, 0.15) is 11.6 Å². The molecular weight excluding hydrogens is 289 g/mol. The van der Waals surface area contributed by atoms with Crippen LogP contribution >= 0.6 is 11.8 Å². The maximum atomic E-state index is 13.4. The first kappa shape index (κ1) is 15.4. The van der Waals surface area contributed by atoms with Crippen LogP contribution in [0.4, 0.5) is 4.39 Å². The Morgan fingerprint density at radius 1 is 1.19 bits per heavy atom. The molecule has 1 N–H and O–H groups in total. The quantitative estimate of drug-likeness (QED) is 0.833. The van der Waals surface area contributed by atoms with E-state index in [9.17, 15) is 9.18 Å². The summed E-state index contributed by atoms with van der Waals surface area (Å²) in [5, 5.41) is 2.71. The topological polar surface area (TPSA) is 38.3 Å². The summed E-state index contributed by atoms with van der Waals surface area (Å²) >= 11 is 1.43. The van der Waals surface area contributed by atoms with E-state index in [0.717, 1.165) is 10.6 Å². The summed E-state index contributed by atoms with van der Waals surface area (Å²) in [4.78, 5) is 12.7. The summed E-state index contributed by atoms with van der Waals surface area (Å²) in [5.41, 5.74) is 0.486. The van der Waals surface area contributed by atoms with Crippen LogP contribution in [0.1, 0.15) is 5.56 Å². The van der Waals surface area contributed by atoms with Crippen LogP contribution in [0, 0.1) is 5.82 Å². The molecule has 0 aliphatic heterocycles. The fourth-order valence-corrected chi connectivity index (χ4v) is 2.44. The van der Waals surface area contributed by atoms with Gasteiger partial charge in [0.25, 0.3) is 0 Å². The van der Waals surface area contributed by atoms with Crippen LogP contribution in [-0.2, 0) is 11.3 Å². The van der Waals surface area contributed by atoms with Crippen molar-refractivity contribution in [3.63, 3.8) is 0 Å². The molecule has 0 unspecified atom stereocenters. The molecule has 0 aliphatic rings. The van der Waals surface area contributed by atoms with Crippen molar-refractivity contribution in [3.05, 3.63) is 59.9 Å². The lowest BCUT2D eigenvalue weighted by Crippen LogP contribution is -2.24. The second-order valence-corrected chi connectivity index (χ2v) is 5.38. The van der Waals surface area contributed by atoms with Gasteiger partial charge in [-0.05, 0) is 30.3 Å². The zero-order valence-corrected chi connectivity index (χ0v) is 12.5. The van der Waals surface area contributed by atoms with Crippen molar-refractivity contribution in [2.24, 2.45) is 0 Å². The van der Waals surface area contributed by atoms with Crippen LogP contribution in [0.3, 0.4) is 0 Å². The van der Waals surface area contributed by atoms with Gasteiger partial charge in [0.15, 0.2) is 0 Å². The molecule has 3 nitrogen and oxygen atoms in total.